The highest BCUT2D eigenvalue weighted by Crippen LogP contribution is 2.25. The Labute approximate surface area is 130 Å². The van der Waals surface area contributed by atoms with E-state index < -0.39 is 35.2 Å². The summed E-state index contributed by atoms with van der Waals surface area (Å²) in [6, 6.07) is 0.941. The Bertz CT molecular complexity index is 294. The van der Waals surface area contributed by atoms with Crippen molar-refractivity contribution < 1.29 is 17.1 Å². The lowest BCUT2D eigenvalue weighted by molar-refractivity contribution is 0.244. The van der Waals surface area contributed by atoms with E-state index in [9.17, 15) is 0 Å². The van der Waals surface area contributed by atoms with Gasteiger partial charge in [0.2, 0.25) is 0 Å². The molecule has 0 saturated heterocycles. The van der Waals surface area contributed by atoms with Crippen LogP contribution in [0.25, 0.3) is 0 Å². The van der Waals surface area contributed by atoms with Gasteiger partial charge in [0, 0.05) is 0 Å². The highest BCUT2D eigenvalue weighted by molar-refractivity contribution is 6.87. The third-order valence-electron chi connectivity index (χ3n) is 2.49. The lowest BCUT2D eigenvalue weighted by atomic mass is 10.5. The molecule has 0 amide bonds. The molecule has 4 nitrogen and oxygen atoms in total. The van der Waals surface area contributed by atoms with Gasteiger partial charge in [0.15, 0.2) is 8.32 Å². The van der Waals surface area contributed by atoms with Gasteiger partial charge in [-0.1, -0.05) is 13.1 Å². The molecule has 0 N–H and O–H groups in total. The quantitative estimate of drug-likeness (QED) is 0.325. The molecular weight excluding hydrogens is 320 g/mol. The van der Waals surface area contributed by atoms with Gasteiger partial charge in [0.05, 0.1) is 12.9 Å². The maximum atomic E-state index is 6.44. The topological polar surface area (TPSA) is 36.9 Å². The molecule has 0 fully saturated rings. The minimum atomic E-state index is -2.20. The van der Waals surface area contributed by atoms with E-state index in [4.69, 9.17) is 17.1 Å². The van der Waals surface area contributed by atoms with Crippen LogP contribution < -0.4 is 0 Å². The van der Waals surface area contributed by atoms with Crippen molar-refractivity contribution in [2.45, 2.75) is 58.3 Å². The van der Waals surface area contributed by atoms with Crippen molar-refractivity contribution in [3.63, 3.8) is 0 Å². The van der Waals surface area contributed by atoms with E-state index in [1.54, 1.807) is 0 Å². The average molecular weight is 353 g/mol. The highest BCUT2D eigenvalue weighted by Gasteiger charge is 2.42. The minimum absolute atomic E-state index is 0.451. The van der Waals surface area contributed by atoms with Gasteiger partial charge in [-0.2, -0.15) is 0 Å². The van der Waals surface area contributed by atoms with Crippen molar-refractivity contribution in [1.82, 2.24) is 0 Å². The van der Waals surface area contributed by atoms with Crippen LogP contribution in [0, 0.1) is 0 Å². The molecule has 20 heavy (non-hydrogen) atoms. The molecule has 0 aromatic rings. The Morgan fingerprint density at radius 3 is 2.10 bits per heavy atom. The summed E-state index contributed by atoms with van der Waals surface area (Å²) in [5, 5.41) is 0. The smallest absolute Gasteiger partial charge is 0.315 e. The Morgan fingerprint density at radius 2 is 1.65 bits per heavy atom. The van der Waals surface area contributed by atoms with Gasteiger partial charge in [0.25, 0.3) is 0 Å². The van der Waals surface area contributed by atoms with Crippen molar-refractivity contribution in [2.75, 3.05) is 6.61 Å². The molecule has 0 radical (unpaired) electrons. The second-order valence-corrected chi connectivity index (χ2v) is 19.6. The third kappa shape index (κ3) is 10.1. The van der Waals surface area contributed by atoms with Crippen LogP contribution in [-0.4, -0.2) is 41.8 Å². The fourth-order valence-corrected chi connectivity index (χ4v) is 17.3. The van der Waals surface area contributed by atoms with Crippen LogP contribution in [0.15, 0.2) is 12.8 Å². The summed E-state index contributed by atoms with van der Waals surface area (Å²) < 4.78 is 24.0. The summed E-state index contributed by atoms with van der Waals surface area (Å²) in [4.78, 5) is 0. The molecular formula is C12H32O4Si4. The van der Waals surface area contributed by atoms with Gasteiger partial charge < -0.3 is 17.1 Å². The van der Waals surface area contributed by atoms with E-state index >= 15 is 0 Å². The molecule has 0 aromatic heterocycles. The molecule has 0 aromatic carbocycles. The van der Waals surface area contributed by atoms with E-state index in [1.807, 2.05) is 0 Å². The fourth-order valence-electron chi connectivity index (χ4n) is 2.23. The molecule has 1 unspecified atom stereocenters. The summed E-state index contributed by atoms with van der Waals surface area (Å²) in [5.74, 6) is 0. The first-order chi connectivity index (χ1) is 9.04. The number of hydrogen-bond donors (Lipinski definition) is 0. The zero-order chi connectivity index (χ0) is 15.9. The van der Waals surface area contributed by atoms with Crippen molar-refractivity contribution in [3.8, 4) is 0 Å². The van der Waals surface area contributed by atoms with Crippen molar-refractivity contribution in [2.24, 2.45) is 0 Å². The molecule has 1 atom stereocenters. The van der Waals surface area contributed by atoms with E-state index in [-0.39, 0.29) is 0 Å². The molecule has 8 heteroatoms. The molecule has 0 saturated carbocycles. The zero-order valence-corrected chi connectivity index (χ0v) is 18.7. The van der Waals surface area contributed by atoms with Gasteiger partial charge >= 0.3 is 17.1 Å². The number of rotatable bonds is 11. The van der Waals surface area contributed by atoms with E-state index in [0.717, 1.165) is 12.5 Å². The standard InChI is InChI=1S/C12H32O4Si4/c1-9-13-11-10-12-20(8,15-18(3,4)5)16-19(6,7)14-17-2/h9H,1,10-12,17H2,2-8H3. The number of ether oxygens (including phenoxy) is 1. The van der Waals surface area contributed by atoms with Crippen molar-refractivity contribution >= 4 is 35.2 Å². The monoisotopic (exact) mass is 352 g/mol. The summed E-state index contributed by atoms with van der Waals surface area (Å²) in [7, 11) is -6.33. The normalized spacial score (nSPS) is 16.4. The predicted molar refractivity (Wildman–Crippen MR) is 95.7 cm³/mol. The predicted octanol–water partition coefficient (Wildman–Crippen LogP) is 3.33. The van der Waals surface area contributed by atoms with Crippen molar-refractivity contribution in [3.05, 3.63) is 12.8 Å². The van der Waals surface area contributed by atoms with E-state index in [1.165, 1.54) is 6.26 Å². The van der Waals surface area contributed by atoms with E-state index in [0.29, 0.717) is 6.61 Å². The first-order valence-corrected chi connectivity index (χ1v) is 18.0. The molecule has 0 aliphatic heterocycles. The first kappa shape index (κ1) is 20.3. The number of hydrogen-bond acceptors (Lipinski definition) is 4. The second-order valence-electron chi connectivity index (χ2n) is 6.42. The molecule has 0 rings (SSSR count). The van der Waals surface area contributed by atoms with Crippen LogP contribution >= 0.6 is 0 Å². The molecule has 0 heterocycles. The summed E-state index contributed by atoms with van der Waals surface area (Å²) in [6.07, 6.45) is 2.43. The molecule has 0 aliphatic rings. The van der Waals surface area contributed by atoms with Crippen LogP contribution in [-0.2, 0) is 17.1 Å². The summed E-state index contributed by atoms with van der Waals surface area (Å²) in [6.45, 7) is 19.5. The van der Waals surface area contributed by atoms with Crippen LogP contribution in [0.4, 0.5) is 0 Å². The Balaban J connectivity index is 4.72. The lowest BCUT2D eigenvalue weighted by Gasteiger charge is -2.39. The van der Waals surface area contributed by atoms with Gasteiger partial charge in [-0.3, -0.25) is 0 Å². The van der Waals surface area contributed by atoms with E-state index in [2.05, 4.69) is 52.4 Å². The fraction of sp³-hybridized carbons (Fsp3) is 0.833. The second kappa shape index (κ2) is 8.66. The molecule has 120 valence electrons. The first-order valence-electron chi connectivity index (χ1n) is 7.30. The Kier molecular flexibility index (Phi) is 8.79. The zero-order valence-electron chi connectivity index (χ0n) is 14.2. The van der Waals surface area contributed by atoms with Crippen LogP contribution in [0.3, 0.4) is 0 Å². The van der Waals surface area contributed by atoms with Gasteiger partial charge in [-0.15, -0.1) is 0 Å². The molecule has 0 spiro atoms. The Morgan fingerprint density at radius 1 is 1.05 bits per heavy atom. The largest absolute Gasteiger partial charge is 0.502 e. The van der Waals surface area contributed by atoms with Crippen molar-refractivity contribution in [1.29, 1.82) is 0 Å². The SMILES string of the molecule is C=COCCC[Si](C)(O[Si](C)(C)C)O[Si](C)(C)O[SiH2]C. The summed E-state index contributed by atoms with van der Waals surface area (Å²) in [5.41, 5.74) is 0. The van der Waals surface area contributed by atoms with Gasteiger partial charge in [0.1, 0.15) is 9.76 Å². The maximum absolute atomic E-state index is 6.44. The molecule has 0 bridgehead atoms. The van der Waals surface area contributed by atoms with Gasteiger partial charge in [-0.25, -0.2) is 0 Å². The molecule has 0 aliphatic carbocycles. The summed E-state index contributed by atoms with van der Waals surface area (Å²) >= 11 is 0. The average Bonchev–Trinajstić information content (AvgIpc) is 2.20. The minimum Gasteiger partial charge on any atom is -0.502 e. The lowest BCUT2D eigenvalue weighted by Crippen LogP contribution is -2.54. The van der Waals surface area contributed by atoms with Crippen LogP contribution in [0.5, 0.6) is 0 Å². The van der Waals surface area contributed by atoms with Crippen LogP contribution in [0.1, 0.15) is 6.42 Å². The van der Waals surface area contributed by atoms with Crippen LogP contribution in [0.2, 0.25) is 51.9 Å². The Hall–Kier alpha value is 0.288. The maximum Gasteiger partial charge on any atom is 0.315 e. The highest BCUT2D eigenvalue weighted by atomic mass is 28.5. The van der Waals surface area contributed by atoms with Gasteiger partial charge in [-0.05, 0) is 51.7 Å². The third-order valence-corrected chi connectivity index (χ3v) is 15.6.